The topological polar surface area (TPSA) is 59.0 Å². The largest absolute Gasteiger partial charge is 0.468 e. The van der Waals surface area contributed by atoms with E-state index in [4.69, 9.17) is 21.7 Å². The van der Waals surface area contributed by atoms with Crippen LogP contribution in [0.3, 0.4) is 0 Å². The molecule has 1 fully saturated rings. The molecule has 0 spiro atoms. The van der Waals surface area contributed by atoms with Gasteiger partial charge in [-0.25, -0.2) is 0 Å². The van der Waals surface area contributed by atoms with Crippen molar-refractivity contribution in [3.63, 3.8) is 0 Å². The maximum Gasteiger partial charge on any atom is 0.266 e. The number of nitrogens with zero attached hydrogens (tertiary/aromatic N) is 1. The van der Waals surface area contributed by atoms with Gasteiger partial charge >= 0.3 is 0 Å². The zero-order valence-corrected chi connectivity index (χ0v) is 18.8. The first kappa shape index (κ1) is 23.4. The van der Waals surface area contributed by atoms with Crippen LogP contribution in [0.15, 0.2) is 60.7 Å². The van der Waals surface area contributed by atoms with Gasteiger partial charge in [0.15, 0.2) is 0 Å². The highest BCUT2D eigenvalue weighted by Crippen LogP contribution is 2.22. The molecule has 0 aromatic heterocycles. The van der Waals surface area contributed by atoms with Gasteiger partial charge in [0.25, 0.3) is 5.17 Å². The summed E-state index contributed by atoms with van der Waals surface area (Å²) in [5.74, 6) is -0.709. The number of aliphatic hydroxyl groups is 1. The van der Waals surface area contributed by atoms with Crippen LogP contribution in [0.5, 0.6) is 0 Å². The molecule has 1 amide bonds. The summed E-state index contributed by atoms with van der Waals surface area (Å²) in [4.78, 5) is 14.6. The fourth-order valence-corrected chi connectivity index (χ4v) is 4.03. The monoisotopic (exact) mass is 441 g/mol. The van der Waals surface area contributed by atoms with Crippen LogP contribution < -0.4 is 0 Å². The molecule has 1 saturated heterocycles. The van der Waals surface area contributed by atoms with Gasteiger partial charge in [-0.15, -0.1) is 0 Å². The van der Waals surface area contributed by atoms with Gasteiger partial charge < -0.3 is 14.6 Å². The molecule has 1 N–H and O–H groups in total. The first-order valence-electron chi connectivity index (χ1n) is 10.9. The Hall–Kier alpha value is -2.28. The van der Waals surface area contributed by atoms with Crippen molar-refractivity contribution in [2.24, 2.45) is 5.92 Å². The molecule has 3 atom stereocenters. The molecule has 2 aromatic rings. The first-order valence-corrected chi connectivity index (χ1v) is 11.3. The molecule has 0 aliphatic carbocycles. The Bertz CT molecular complexity index is 830. The standard InChI is InChI=1S/C25H31NO4S/c1-19(23(27)14-8-9-15-29-17-21-12-6-3-7-13-21)24(28)26-22(18-30-25(26)31)16-20-10-4-2-5-11-20/h2-7,10-13,19,22-23,27H,8-9,14-18H2,1H3/t19-,22+,23+/m1/s1. The van der Waals surface area contributed by atoms with E-state index in [1.54, 1.807) is 11.8 Å². The number of hydrogen-bond acceptors (Lipinski definition) is 5. The summed E-state index contributed by atoms with van der Waals surface area (Å²) in [7, 11) is 0. The summed E-state index contributed by atoms with van der Waals surface area (Å²) in [5, 5.41) is 10.8. The number of ether oxygens (including phenoxy) is 2. The van der Waals surface area contributed by atoms with E-state index in [0.29, 0.717) is 32.7 Å². The first-order chi connectivity index (χ1) is 15.1. The molecule has 6 heteroatoms. The smallest absolute Gasteiger partial charge is 0.266 e. The highest BCUT2D eigenvalue weighted by molar-refractivity contribution is 7.80. The summed E-state index contributed by atoms with van der Waals surface area (Å²) >= 11 is 5.28. The Morgan fingerprint density at radius 3 is 2.45 bits per heavy atom. The van der Waals surface area contributed by atoms with Gasteiger partial charge in [0, 0.05) is 6.61 Å². The number of carbonyl (C=O) groups is 1. The van der Waals surface area contributed by atoms with Gasteiger partial charge in [0.1, 0.15) is 6.61 Å². The molecule has 5 nitrogen and oxygen atoms in total. The van der Waals surface area contributed by atoms with Gasteiger partial charge in [0.05, 0.1) is 24.7 Å². The van der Waals surface area contributed by atoms with Crippen molar-refractivity contribution >= 4 is 23.3 Å². The minimum Gasteiger partial charge on any atom is -0.468 e. The predicted molar refractivity (Wildman–Crippen MR) is 124 cm³/mol. The van der Waals surface area contributed by atoms with Crippen LogP contribution >= 0.6 is 12.2 Å². The zero-order chi connectivity index (χ0) is 22.1. The van der Waals surface area contributed by atoms with Gasteiger partial charge in [-0.2, -0.15) is 0 Å². The van der Waals surface area contributed by atoms with Gasteiger partial charge in [-0.1, -0.05) is 67.6 Å². The van der Waals surface area contributed by atoms with Crippen LogP contribution in [-0.4, -0.2) is 46.4 Å². The minimum absolute atomic E-state index is 0.136. The SMILES string of the molecule is C[C@@H](C(=O)N1C(=S)OC[C@@H]1Cc1ccccc1)[C@@H](O)CCCCOCc1ccccc1. The molecule has 3 rings (SSSR count). The maximum atomic E-state index is 13.1. The van der Waals surface area contributed by atoms with Crippen LogP contribution in [-0.2, 0) is 27.3 Å². The summed E-state index contributed by atoms with van der Waals surface area (Å²) < 4.78 is 11.2. The number of amides is 1. The Morgan fingerprint density at radius 2 is 1.77 bits per heavy atom. The quantitative estimate of drug-likeness (QED) is 0.420. The third kappa shape index (κ3) is 6.86. The predicted octanol–water partition coefficient (Wildman–Crippen LogP) is 4.13. The molecule has 1 heterocycles. The van der Waals surface area contributed by atoms with E-state index < -0.39 is 12.0 Å². The molecule has 0 saturated carbocycles. The molecular formula is C25H31NO4S. The fourth-order valence-electron chi connectivity index (χ4n) is 3.72. The van der Waals surface area contributed by atoms with Crippen LogP contribution in [0.2, 0.25) is 0 Å². The number of hydrogen-bond donors (Lipinski definition) is 1. The van der Waals surface area contributed by atoms with E-state index in [0.717, 1.165) is 24.0 Å². The van der Waals surface area contributed by atoms with Crippen LogP contribution in [0.4, 0.5) is 0 Å². The lowest BCUT2D eigenvalue weighted by Gasteiger charge is -2.27. The minimum atomic E-state index is -0.720. The average Bonchev–Trinajstić information content (AvgIpc) is 3.16. The molecule has 31 heavy (non-hydrogen) atoms. The van der Waals surface area contributed by atoms with Crippen LogP contribution in [0.1, 0.15) is 37.3 Å². The molecule has 166 valence electrons. The molecule has 0 unspecified atom stereocenters. The number of aliphatic hydroxyl groups excluding tert-OH is 1. The number of carbonyl (C=O) groups excluding carboxylic acids is 1. The van der Waals surface area contributed by atoms with Crippen molar-refractivity contribution in [2.75, 3.05) is 13.2 Å². The lowest BCUT2D eigenvalue weighted by atomic mass is 9.97. The lowest BCUT2D eigenvalue weighted by Crippen LogP contribution is -2.45. The Kier molecular flexibility index (Phi) is 9.00. The van der Waals surface area contributed by atoms with Crippen molar-refractivity contribution in [2.45, 2.75) is 51.4 Å². The van der Waals surface area contributed by atoms with E-state index in [1.165, 1.54) is 0 Å². The van der Waals surface area contributed by atoms with Crippen LogP contribution in [0.25, 0.3) is 0 Å². The van der Waals surface area contributed by atoms with Gasteiger partial charge in [0.2, 0.25) is 5.91 Å². The van der Waals surface area contributed by atoms with Gasteiger partial charge in [-0.05, 0) is 49.0 Å². The van der Waals surface area contributed by atoms with E-state index in [1.807, 2.05) is 60.7 Å². The second-order valence-electron chi connectivity index (χ2n) is 8.02. The van der Waals surface area contributed by atoms with E-state index in [9.17, 15) is 9.90 Å². The summed E-state index contributed by atoms with van der Waals surface area (Å²) in [5.41, 5.74) is 2.28. The van der Waals surface area contributed by atoms with E-state index >= 15 is 0 Å². The fraction of sp³-hybridized carbons (Fsp3) is 0.440. The van der Waals surface area contributed by atoms with Gasteiger partial charge in [-0.3, -0.25) is 9.69 Å². The van der Waals surface area contributed by atoms with E-state index in [2.05, 4.69) is 0 Å². The Labute approximate surface area is 190 Å². The molecule has 0 bridgehead atoms. The van der Waals surface area contributed by atoms with Crippen molar-refractivity contribution in [3.8, 4) is 0 Å². The zero-order valence-electron chi connectivity index (χ0n) is 18.0. The van der Waals surface area contributed by atoms with Crippen molar-refractivity contribution in [1.82, 2.24) is 4.90 Å². The molecule has 0 radical (unpaired) electrons. The number of benzene rings is 2. The molecule has 2 aromatic carbocycles. The molecule has 1 aliphatic rings. The van der Waals surface area contributed by atoms with E-state index in [-0.39, 0.29) is 17.1 Å². The summed E-state index contributed by atoms with van der Waals surface area (Å²) in [6.45, 7) is 3.38. The second-order valence-corrected chi connectivity index (χ2v) is 8.37. The van der Waals surface area contributed by atoms with Crippen molar-refractivity contribution in [1.29, 1.82) is 0 Å². The third-order valence-electron chi connectivity index (χ3n) is 5.63. The molecule has 1 aliphatic heterocycles. The second kappa shape index (κ2) is 11.9. The lowest BCUT2D eigenvalue weighted by molar-refractivity contribution is -0.135. The normalized spacial score (nSPS) is 17.9. The highest BCUT2D eigenvalue weighted by Gasteiger charge is 2.38. The Balaban J connectivity index is 1.41. The Morgan fingerprint density at radius 1 is 1.13 bits per heavy atom. The number of thiocarbonyl (C=S) groups is 1. The summed E-state index contributed by atoms with van der Waals surface area (Å²) in [6.07, 6.45) is 2.14. The van der Waals surface area contributed by atoms with Crippen molar-refractivity contribution in [3.05, 3.63) is 71.8 Å². The highest BCUT2D eigenvalue weighted by atomic mass is 32.1. The number of unbranched alkanes of at least 4 members (excludes halogenated alkanes) is 1. The van der Waals surface area contributed by atoms with Crippen molar-refractivity contribution < 1.29 is 19.4 Å². The number of rotatable bonds is 11. The van der Waals surface area contributed by atoms with Crippen LogP contribution in [0, 0.1) is 5.92 Å². The molecular weight excluding hydrogens is 410 g/mol. The third-order valence-corrected chi connectivity index (χ3v) is 5.94. The average molecular weight is 442 g/mol. The summed E-state index contributed by atoms with van der Waals surface area (Å²) in [6, 6.07) is 19.9. The maximum absolute atomic E-state index is 13.1.